The number of aryl methyl sites for hydroxylation is 3. The Balaban J connectivity index is 1.43. The van der Waals surface area contributed by atoms with Crippen LogP contribution in [0.1, 0.15) is 44.4 Å². The van der Waals surface area contributed by atoms with E-state index in [-0.39, 0.29) is 18.3 Å². The van der Waals surface area contributed by atoms with E-state index in [1.54, 1.807) is 18.2 Å². The Bertz CT molecular complexity index is 1360. The van der Waals surface area contributed by atoms with E-state index in [4.69, 9.17) is 32.4 Å². The Morgan fingerprint density at radius 3 is 2.59 bits per heavy atom. The van der Waals surface area contributed by atoms with E-state index in [1.165, 1.54) is 0 Å². The number of ether oxygens (including phenoxy) is 1. The summed E-state index contributed by atoms with van der Waals surface area (Å²) in [5.74, 6) is 1.21. The van der Waals surface area contributed by atoms with Crippen LogP contribution in [0.5, 0.6) is 5.75 Å². The molecule has 0 atom stereocenters. The van der Waals surface area contributed by atoms with Gasteiger partial charge in [0.2, 0.25) is 0 Å². The lowest BCUT2D eigenvalue weighted by molar-refractivity contribution is 0.0992. The van der Waals surface area contributed by atoms with Gasteiger partial charge in [-0.25, -0.2) is 0 Å². The average molecular weight is 498 g/mol. The first-order valence-electron chi connectivity index (χ1n) is 10.8. The van der Waals surface area contributed by atoms with Crippen molar-refractivity contribution in [3.8, 4) is 5.75 Å². The number of anilines is 1. The zero-order chi connectivity index (χ0) is 24.4. The van der Waals surface area contributed by atoms with Gasteiger partial charge in [-0.2, -0.15) is 5.10 Å². The average Bonchev–Trinajstić information content (AvgIpc) is 3.37. The molecule has 176 valence electrons. The molecule has 4 aromatic rings. The van der Waals surface area contributed by atoms with Crippen LogP contribution >= 0.6 is 23.2 Å². The maximum atomic E-state index is 12.8. The minimum atomic E-state index is -0.349. The number of nitrogens with zero attached hydrogens (tertiary/aromatic N) is 2. The summed E-state index contributed by atoms with van der Waals surface area (Å²) in [4.78, 5) is 12.8. The number of carbonyl (C=O) groups excluding carboxylic acids is 1. The van der Waals surface area contributed by atoms with Crippen LogP contribution in [-0.4, -0.2) is 15.7 Å². The highest BCUT2D eigenvalue weighted by Gasteiger charge is 2.18. The maximum absolute atomic E-state index is 12.8. The van der Waals surface area contributed by atoms with Gasteiger partial charge in [-0.1, -0.05) is 41.4 Å². The molecule has 0 radical (unpaired) electrons. The van der Waals surface area contributed by atoms with Crippen LogP contribution in [0.2, 0.25) is 10.0 Å². The summed E-state index contributed by atoms with van der Waals surface area (Å²) in [6, 6.07) is 14.9. The molecule has 2 heterocycles. The highest BCUT2D eigenvalue weighted by molar-refractivity contribution is 6.42. The van der Waals surface area contributed by atoms with Crippen molar-refractivity contribution in [2.45, 2.75) is 40.8 Å². The number of rotatable bonds is 7. The lowest BCUT2D eigenvalue weighted by Gasteiger charge is -2.08. The summed E-state index contributed by atoms with van der Waals surface area (Å²) < 4.78 is 13.4. The molecule has 1 N–H and O–H groups in total. The van der Waals surface area contributed by atoms with Gasteiger partial charge in [-0.15, -0.1) is 0 Å². The van der Waals surface area contributed by atoms with Crippen LogP contribution in [-0.2, 0) is 13.2 Å². The summed E-state index contributed by atoms with van der Waals surface area (Å²) in [5, 5.41) is 8.48. The van der Waals surface area contributed by atoms with E-state index in [2.05, 4.69) is 10.4 Å². The summed E-state index contributed by atoms with van der Waals surface area (Å²) >= 11 is 12.1. The molecule has 0 saturated carbocycles. The second kappa shape index (κ2) is 9.95. The fourth-order valence-corrected chi connectivity index (χ4v) is 3.93. The van der Waals surface area contributed by atoms with Gasteiger partial charge >= 0.3 is 0 Å². The number of amides is 1. The fraction of sp³-hybridized carbons (Fsp3) is 0.231. The third-order valence-corrected chi connectivity index (χ3v) is 6.27. The predicted octanol–water partition coefficient (Wildman–Crippen LogP) is 6.90. The Kier molecular flexibility index (Phi) is 7.00. The molecule has 2 aromatic heterocycles. The van der Waals surface area contributed by atoms with Crippen molar-refractivity contribution in [3.05, 3.63) is 98.2 Å². The van der Waals surface area contributed by atoms with Crippen molar-refractivity contribution in [3.63, 3.8) is 0 Å². The van der Waals surface area contributed by atoms with Gasteiger partial charge in [0.25, 0.3) is 5.91 Å². The van der Waals surface area contributed by atoms with E-state index >= 15 is 0 Å². The lowest BCUT2D eigenvalue weighted by Crippen LogP contribution is -2.12. The topological polar surface area (TPSA) is 69.3 Å². The van der Waals surface area contributed by atoms with E-state index in [9.17, 15) is 4.79 Å². The van der Waals surface area contributed by atoms with Crippen LogP contribution in [0, 0.1) is 27.7 Å². The summed E-state index contributed by atoms with van der Waals surface area (Å²) in [6.45, 7) is 8.48. The van der Waals surface area contributed by atoms with Crippen molar-refractivity contribution in [1.82, 2.24) is 9.78 Å². The van der Waals surface area contributed by atoms with Gasteiger partial charge in [-0.3, -0.25) is 9.48 Å². The number of hydrogen-bond acceptors (Lipinski definition) is 4. The molecule has 0 aliphatic heterocycles. The Hall–Kier alpha value is -3.22. The van der Waals surface area contributed by atoms with Crippen molar-refractivity contribution >= 4 is 34.8 Å². The second-order valence-electron chi connectivity index (χ2n) is 8.23. The highest BCUT2D eigenvalue weighted by atomic mass is 35.5. The molecule has 1 amide bonds. The number of hydrogen-bond donors (Lipinski definition) is 1. The molecule has 0 unspecified atom stereocenters. The zero-order valence-electron chi connectivity index (χ0n) is 19.4. The SMILES string of the molecule is Cc1ccc(C)c(OCc2ccc(C(=O)Nc3c(C)nn(Cc4ccc(Cl)c(Cl)c4)c3C)o2)c1. The van der Waals surface area contributed by atoms with Gasteiger partial charge in [0.15, 0.2) is 5.76 Å². The van der Waals surface area contributed by atoms with Gasteiger partial charge < -0.3 is 14.5 Å². The predicted molar refractivity (Wildman–Crippen MR) is 134 cm³/mol. The number of aromatic nitrogens is 2. The maximum Gasteiger partial charge on any atom is 0.291 e. The summed E-state index contributed by atoms with van der Waals surface area (Å²) in [5.41, 5.74) is 5.29. The quantitative estimate of drug-likeness (QED) is 0.301. The van der Waals surface area contributed by atoms with E-state index in [0.29, 0.717) is 33.7 Å². The van der Waals surface area contributed by atoms with Crippen molar-refractivity contribution in [2.75, 3.05) is 5.32 Å². The highest BCUT2D eigenvalue weighted by Crippen LogP contribution is 2.26. The first kappa shape index (κ1) is 23.9. The third kappa shape index (κ3) is 5.29. The molecule has 6 nitrogen and oxygen atoms in total. The molecule has 0 spiro atoms. The molecule has 0 aliphatic carbocycles. The van der Waals surface area contributed by atoms with E-state index in [0.717, 1.165) is 28.1 Å². The Morgan fingerprint density at radius 2 is 1.82 bits per heavy atom. The molecular weight excluding hydrogens is 473 g/mol. The molecule has 2 aromatic carbocycles. The van der Waals surface area contributed by atoms with Crippen LogP contribution < -0.4 is 10.1 Å². The Labute approximate surface area is 208 Å². The van der Waals surface area contributed by atoms with Gasteiger partial charge in [0.1, 0.15) is 18.1 Å². The van der Waals surface area contributed by atoms with Crippen LogP contribution in [0.4, 0.5) is 5.69 Å². The zero-order valence-corrected chi connectivity index (χ0v) is 20.9. The molecule has 0 bridgehead atoms. The smallest absolute Gasteiger partial charge is 0.291 e. The molecule has 0 fully saturated rings. The first-order chi connectivity index (χ1) is 16.2. The minimum Gasteiger partial charge on any atom is -0.485 e. The molecule has 8 heteroatoms. The number of halogens is 2. The van der Waals surface area contributed by atoms with Gasteiger partial charge in [-0.05, 0) is 74.7 Å². The van der Waals surface area contributed by atoms with Crippen molar-refractivity contribution in [2.24, 2.45) is 0 Å². The standard InChI is InChI=1S/C26H25Cl2N3O3/c1-15-5-6-16(2)24(11-15)33-14-20-8-10-23(34-20)26(32)29-25-17(3)30-31(18(25)4)13-19-7-9-21(27)22(28)12-19/h5-12H,13-14H2,1-4H3,(H,29,32). The normalized spacial score (nSPS) is 11.0. The molecular formula is C26H25Cl2N3O3. The summed E-state index contributed by atoms with van der Waals surface area (Å²) in [6.07, 6.45) is 0. The van der Waals surface area contributed by atoms with Gasteiger partial charge in [0, 0.05) is 0 Å². The molecule has 0 saturated heterocycles. The fourth-order valence-electron chi connectivity index (χ4n) is 3.61. The number of carbonyl (C=O) groups is 1. The van der Waals surface area contributed by atoms with Crippen LogP contribution in [0.15, 0.2) is 52.9 Å². The molecule has 34 heavy (non-hydrogen) atoms. The van der Waals surface area contributed by atoms with Crippen molar-refractivity contribution < 1.29 is 13.9 Å². The van der Waals surface area contributed by atoms with Crippen LogP contribution in [0.25, 0.3) is 0 Å². The van der Waals surface area contributed by atoms with Crippen LogP contribution in [0.3, 0.4) is 0 Å². The minimum absolute atomic E-state index is 0.204. The van der Waals surface area contributed by atoms with Gasteiger partial charge in [0.05, 0.1) is 33.7 Å². The molecule has 0 aliphatic rings. The molecule has 4 rings (SSSR count). The Morgan fingerprint density at radius 1 is 1.03 bits per heavy atom. The van der Waals surface area contributed by atoms with Crippen molar-refractivity contribution in [1.29, 1.82) is 0 Å². The number of furan rings is 1. The second-order valence-corrected chi connectivity index (χ2v) is 9.04. The lowest BCUT2D eigenvalue weighted by atomic mass is 10.1. The first-order valence-corrected chi connectivity index (χ1v) is 11.5. The summed E-state index contributed by atoms with van der Waals surface area (Å²) in [7, 11) is 0. The monoisotopic (exact) mass is 497 g/mol. The number of benzene rings is 2. The van der Waals surface area contributed by atoms with E-state index < -0.39 is 0 Å². The third-order valence-electron chi connectivity index (χ3n) is 5.54. The largest absolute Gasteiger partial charge is 0.485 e. The number of nitrogens with one attached hydrogen (secondary N) is 1. The van der Waals surface area contributed by atoms with E-state index in [1.807, 2.05) is 62.7 Å².